The van der Waals surface area contributed by atoms with Gasteiger partial charge < -0.3 is 5.32 Å². The average molecular weight is 205 g/mol. The molecule has 82 valence electrons. The summed E-state index contributed by atoms with van der Waals surface area (Å²) in [5, 5.41) is 11.6. The van der Waals surface area contributed by atoms with Crippen molar-refractivity contribution >= 4 is 0 Å². The maximum atomic E-state index is 4.12. The molecular weight excluding hydrogens is 186 g/mol. The largest absolute Gasteiger partial charge is 0.307 e. The summed E-state index contributed by atoms with van der Waals surface area (Å²) < 4.78 is 0. The fourth-order valence-corrected chi connectivity index (χ4v) is 1.50. The van der Waals surface area contributed by atoms with Crippen LogP contribution >= 0.6 is 0 Å². The molecule has 0 aliphatic heterocycles. The van der Waals surface area contributed by atoms with Gasteiger partial charge in [0.2, 0.25) is 0 Å². The van der Waals surface area contributed by atoms with Gasteiger partial charge in [-0.25, -0.2) is 0 Å². The highest BCUT2D eigenvalue weighted by Crippen LogP contribution is 2.16. The van der Waals surface area contributed by atoms with Crippen LogP contribution in [0.25, 0.3) is 0 Å². The van der Waals surface area contributed by atoms with E-state index < -0.39 is 0 Å². The van der Waals surface area contributed by atoms with Gasteiger partial charge in [0.25, 0.3) is 0 Å². The SMILES string of the molecule is C=CC(NCCC)c1cc(C)nnc1C. The molecule has 1 aromatic rings. The number of aromatic nitrogens is 2. The maximum absolute atomic E-state index is 4.12. The van der Waals surface area contributed by atoms with Gasteiger partial charge in [0.05, 0.1) is 17.4 Å². The highest BCUT2D eigenvalue weighted by atomic mass is 15.1. The van der Waals surface area contributed by atoms with Crippen molar-refractivity contribution in [1.29, 1.82) is 0 Å². The summed E-state index contributed by atoms with van der Waals surface area (Å²) in [6.07, 6.45) is 3.03. The number of aryl methyl sites for hydroxylation is 2. The van der Waals surface area contributed by atoms with Gasteiger partial charge in [-0.2, -0.15) is 10.2 Å². The first-order chi connectivity index (χ1) is 7.19. The van der Waals surface area contributed by atoms with Crippen LogP contribution in [0.1, 0.15) is 36.3 Å². The first kappa shape index (κ1) is 11.9. The van der Waals surface area contributed by atoms with Gasteiger partial charge in [-0.15, -0.1) is 6.58 Å². The molecule has 1 rings (SSSR count). The molecule has 3 heteroatoms. The first-order valence-corrected chi connectivity index (χ1v) is 5.35. The van der Waals surface area contributed by atoms with Crippen molar-refractivity contribution in [2.24, 2.45) is 0 Å². The zero-order valence-electron chi connectivity index (χ0n) is 9.75. The molecule has 0 fully saturated rings. The lowest BCUT2D eigenvalue weighted by atomic mass is 10.1. The summed E-state index contributed by atoms with van der Waals surface area (Å²) in [4.78, 5) is 0. The number of nitrogens with one attached hydrogen (secondary N) is 1. The Morgan fingerprint density at radius 1 is 1.47 bits per heavy atom. The van der Waals surface area contributed by atoms with E-state index >= 15 is 0 Å². The molecule has 0 amide bonds. The number of rotatable bonds is 5. The molecule has 1 N–H and O–H groups in total. The van der Waals surface area contributed by atoms with Gasteiger partial charge in [0.15, 0.2) is 0 Å². The Bertz CT molecular complexity index is 334. The second-order valence-electron chi connectivity index (χ2n) is 3.69. The average Bonchev–Trinajstić information content (AvgIpc) is 2.24. The van der Waals surface area contributed by atoms with E-state index in [9.17, 15) is 0 Å². The fourth-order valence-electron chi connectivity index (χ4n) is 1.50. The third kappa shape index (κ3) is 3.13. The van der Waals surface area contributed by atoms with Gasteiger partial charge in [0, 0.05) is 0 Å². The Morgan fingerprint density at radius 2 is 2.20 bits per heavy atom. The molecule has 15 heavy (non-hydrogen) atoms. The van der Waals surface area contributed by atoms with Gasteiger partial charge >= 0.3 is 0 Å². The Balaban J connectivity index is 2.90. The van der Waals surface area contributed by atoms with E-state index in [-0.39, 0.29) is 6.04 Å². The van der Waals surface area contributed by atoms with Crippen LogP contribution in [0.5, 0.6) is 0 Å². The fraction of sp³-hybridized carbons (Fsp3) is 0.500. The molecule has 0 aromatic carbocycles. The van der Waals surface area contributed by atoms with Crippen LogP contribution in [0.15, 0.2) is 18.7 Å². The highest BCUT2D eigenvalue weighted by molar-refractivity contribution is 5.26. The Kier molecular flexibility index (Phi) is 4.43. The molecule has 0 aliphatic rings. The highest BCUT2D eigenvalue weighted by Gasteiger charge is 2.10. The minimum atomic E-state index is 0.180. The smallest absolute Gasteiger partial charge is 0.0651 e. The maximum Gasteiger partial charge on any atom is 0.0651 e. The van der Waals surface area contributed by atoms with E-state index in [0.717, 1.165) is 24.4 Å². The Hall–Kier alpha value is -1.22. The van der Waals surface area contributed by atoms with Crippen molar-refractivity contribution in [3.05, 3.63) is 35.7 Å². The third-order valence-corrected chi connectivity index (χ3v) is 2.32. The molecule has 0 saturated heterocycles. The van der Waals surface area contributed by atoms with E-state index in [1.54, 1.807) is 0 Å². The predicted octanol–water partition coefficient (Wildman–Crippen LogP) is 2.32. The minimum absolute atomic E-state index is 0.180. The molecule has 0 spiro atoms. The zero-order valence-corrected chi connectivity index (χ0v) is 9.75. The second kappa shape index (κ2) is 5.61. The zero-order chi connectivity index (χ0) is 11.3. The van der Waals surface area contributed by atoms with Crippen molar-refractivity contribution in [2.45, 2.75) is 33.2 Å². The van der Waals surface area contributed by atoms with Crippen LogP contribution in [0.2, 0.25) is 0 Å². The molecule has 3 nitrogen and oxygen atoms in total. The van der Waals surface area contributed by atoms with Gasteiger partial charge in [0.1, 0.15) is 0 Å². The van der Waals surface area contributed by atoms with E-state index in [4.69, 9.17) is 0 Å². The molecule has 0 saturated carbocycles. The Morgan fingerprint density at radius 3 is 2.80 bits per heavy atom. The predicted molar refractivity (Wildman–Crippen MR) is 62.7 cm³/mol. The van der Waals surface area contributed by atoms with Gasteiger partial charge in [-0.1, -0.05) is 13.0 Å². The first-order valence-electron chi connectivity index (χ1n) is 5.35. The summed E-state index contributed by atoms with van der Waals surface area (Å²) in [7, 11) is 0. The van der Waals surface area contributed by atoms with Gasteiger partial charge in [-0.05, 0) is 38.4 Å². The normalized spacial score (nSPS) is 12.5. The molecule has 1 unspecified atom stereocenters. The summed E-state index contributed by atoms with van der Waals surface area (Å²) in [6.45, 7) is 10.9. The lowest BCUT2D eigenvalue weighted by Crippen LogP contribution is -2.21. The third-order valence-electron chi connectivity index (χ3n) is 2.32. The lowest BCUT2D eigenvalue weighted by Gasteiger charge is -2.16. The van der Waals surface area contributed by atoms with Crippen LogP contribution in [0.4, 0.5) is 0 Å². The van der Waals surface area contributed by atoms with Crippen molar-refractivity contribution in [2.75, 3.05) is 6.54 Å². The second-order valence-corrected chi connectivity index (χ2v) is 3.69. The summed E-state index contributed by atoms with van der Waals surface area (Å²) in [5.41, 5.74) is 3.08. The standard InChI is InChI=1S/C12H19N3/c1-5-7-13-12(6-2)11-8-9(3)14-15-10(11)4/h6,8,12-13H,2,5,7H2,1,3-4H3. The molecule has 1 aromatic heterocycles. The van der Waals surface area contributed by atoms with Crippen LogP contribution < -0.4 is 5.32 Å². The van der Waals surface area contributed by atoms with E-state index in [1.165, 1.54) is 5.56 Å². The summed E-state index contributed by atoms with van der Waals surface area (Å²) in [6, 6.07) is 2.25. The van der Waals surface area contributed by atoms with Gasteiger partial charge in [-0.3, -0.25) is 0 Å². The molecular formula is C12H19N3. The number of hydrogen-bond donors (Lipinski definition) is 1. The molecule has 1 atom stereocenters. The van der Waals surface area contributed by atoms with Crippen LogP contribution in [0.3, 0.4) is 0 Å². The van der Waals surface area contributed by atoms with E-state index in [2.05, 4.69) is 35.1 Å². The molecule has 0 radical (unpaired) electrons. The van der Waals surface area contributed by atoms with Crippen molar-refractivity contribution < 1.29 is 0 Å². The van der Waals surface area contributed by atoms with E-state index in [1.807, 2.05) is 19.9 Å². The summed E-state index contributed by atoms with van der Waals surface area (Å²) >= 11 is 0. The van der Waals surface area contributed by atoms with E-state index in [0.29, 0.717) is 0 Å². The van der Waals surface area contributed by atoms with Crippen molar-refractivity contribution in [1.82, 2.24) is 15.5 Å². The molecule has 0 aliphatic carbocycles. The lowest BCUT2D eigenvalue weighted by molar-refractivity contribution is 0.606. The quantitative estimate of drug-likeness (QED) is 0.750. The molecule has 0 bridgehead atoms. The topological polar surface area (TPSA) is 37.8 Å². The monoisotopic (exact) mass is 205 g/mol. The van der Waals surface area contributed by atoms with Crippen LogP contribution in [-0.2, 0) is 0 Å². The van der Waals surface area contributed by atoms with Crippen molar-refractivity contribution in [3.8, 4) is 0 Å². The molecule has 1 heterocycles. The van der Waals surface area contributed by atoms with Crippen LogP contribution in [-0.4, -0.2) is 16.7 Å². The Labute approximate surface area is 91.6 Å². The van der Waals surface area contributed by atoms with Crippen molar-refractivity contribution in [3.63, 3.8) is 0 Å². The van der Waals surface area contributed by atoms with Crippen LogP contribution in [0, 0.1) is 13.8 Å². The summed E-state index contributed by atoms with van der Waals surface area (Å²) in [5.74, 6) is 0. The number of nitrogens with zero attached hydrogens (tertiary/aromatic N) is 2. The number of hydrogen-bond acceptors (Lipinski definition) is 3. The minimum Gasteiger partial charge on any atom is -0.307 e.